The second-order valence-electron chi connectivity index (χ2n) is 3.94. The minimum atomic E-state index is -0.833. The third-order valence-corrected chi connectivity index (χ3v) is 2.26. The summed E-state index contributed by atoms with van der Waals surface area (Å²) in [6.45, 7) is 3.47. The van der Waals surface area contributed by atoms with E-state index >= 15 is 0 Å². The minimum absolute atomic E-state index is 0.143. The number of aromatic nitrogens is 1. The molecule has 1 aromatic rings. The van der Waals surface area contributed by atoms with E-state index in [1.165, 1.54) is 6.26 Å². The fourth-order valence-corrected chi connectivity index (χ4v) is 1.44. The first-order valence-electron chi connectivity index (χ1n) is 4.54. The molecule has 6 nitrogen and oxygen atoms in total. The molecule has 1 aliphatic heterocycles. The Bertz CT molecular complexity index is 397. The van der Waals surface area contributed by atoms with Crippen molar-refractivity contribution in [2.45, 2.75) is 25.9 Å². The van der Waals surface area contributed by atoms with E-state index in [0.29, 0.717) is 5.69 Å². The molecule has 0 aromatic carbocycles. The molecule has 80 valence electrons. The molecule has 0 aliphatic carbocycles. The topological polar surface area (TPSA) is 75.4 Å². The Hall–Kier alpha value is -1.85. The van der Waals surface area contributed by atoms with Gasteiger partial charge in [0.1, 0.15) is 17.5 Å². The van der Waals surface area contributed by atoms with Gasteiger partial charge in [0.25, 0.3) is 5.91 Å². The van der Waals surface area contributed by atoms with Crippen LogP contribution in [0.3, 0.4) is 0 Å². The van der Waals surface area contributed by atoms with Crippen molar-refractivity contribution in [2.24, 2.45) is 0 Å². The number of nitrogens with zero attached hydrogens (tertiary/aromatic N) is 2. The van der Waals surface area contributed by atoms with E-state index in [4.69, 9.17) is 0 Å². The van der Waals surface area contributed by atoms with Gasteiger partial charge in [-0.05, 0) is 13.8 Å². The highest BCUT2D eigenvalue weighted by Gasteiger charge is 2.44. The first kappa shape index (κ1) is 9.70. The fraction of sp³-hybridized carbons (Fsp3) is 0.444. The largest absolute Gasteiger partial charge is 0.364 e. The lowest BCUT2D eigenvalue weighted by Gasteiger charge is -2.14. The van der Waals surface area contributed by atoms with Crippen LogP contribution >= 0.6 is 0 Å². The van der Waals surface area contributed by atoms with E-state index < -0.39 is 11.6 Å². The SMILES string of the molecule is CC1(C)NC(=O)N(Cc2ccon2)C1=O. The van der Waals surface area contributed by atoms with E-state index in [-0.39, 0.29) is 12.5 Å². The molecule has 0 unspecified atom stereocenters. The van der Waals surface area contributed by atoms with Crippen molar-refractivity contribution in [2.75, 3.05) is 0 Å². The van der Waals surface area contributed by atoms with Gasteiger partial charge in [-0.2, -0.15) is 0 Å². The van der Waals surface area contributed by atoms with E-state index in [1.54, 1.807) is 19.9 Å². The zero-order chi connectivity index (χ0) is 11.1. The molecule has 2 heterocycles. The number of hydrogen-bond donors (Lipinski definition) is 1. The second kappa shape index (κ2) is 3.08. The molecule has 0 radical (unpaired) electrons. The lowest BCUT2D eigenvalue weighted by Crippen LogP contribution is -2.40. The maximum absolute atomic E-state index is 11.7. The second-order valence-corrected chi connectivity index (χ2v) is 3.94. The van der Waals surface area contributed by atoms with Crippen LogP contribution in [0, 0.1) is 0 Å². The van der Waals surface area contributed by atoms with E-state index in [0.717, 1.165) is 4.90 Å². The summed E-state index contributed by atoms with van der Waals surface area (Å²) in [5.74, 6) is -0.254. The molecule has 0 bridgehead atoms. The molecule has 1 aliphatic rings. The van der Waals surface area contributed by atoms with Crippen LogP contribution in [0.15, 0.2) is 16.9 Å². The molecule has 0 spiro atoms. The molecule has 1 saturated heterocycles. The monoisotopic (exact) mass is 209 g/mol. The molecular weight excluding hydrogens is 198 g/mol. The number of rotatable bonds is 2. The van der Waals surface area contributed by atoms with Crippen molar-refractivity contribution in [3.63, 3.8) is 0 Å². The van der Waals surface area contributed by atoms with Crippen LogP contribution in [0.4, 0.5) is 4.79 Å². The lowest BCUT2D eigenvalue weighted by atomic mass is 10.1. The van der Waals surface area contributed by atoms with Crippen molar-refractivity contribution >= 4 is 11.9 Å². The van der Waals surface area contributed by atoms with Gasteiger partial charge in [0.2, 0.25) is 0 Å². The van der Waals surface area contributed by atoms with E-state index in [1.807, 2.05) is 0 Å². The van der Waals surface area contributed by atoms with Crippen molar-refractivity contribution in [1.82, 2.24) is 15.4 Å². The third-order valence-electron chi connectivity index (χ3n) is 2.26. The van der Waals surface area contributed by atoms with Gasteiger partial charge >= 0.3 is 6.03 Å². The molecule has 1 fully saturated rings. The lowest BCUT2D eigenvalue weighted by molar-refractivity contribution is -0.130. The smallest absolute Gasteiger partial charge is 0.325 e. The summed E-state index contributed by atoms with van der Waals surface area (Å²) in [6, 6.07) is 1.22. The number of carbonyl (C=O) groups is 2. The first-order chi connectivity index (χ1) is 7.00. The van der Waals surface area contributed by atoms with Gasteiger partial charge in [0.05, 0.1) is 6.54 Å². The Kier molecular flexibility index (Phi) is 1.99. The van der Waals surface area contributed by atoms with Crippen LogP contribution in [0.1, 0.15) is 19.5 Å². The van der Waals surface area contributed by atoms with Gasteiger partial charge in [0.15, 0.2) is 0 Å². The summed E-state index contributed by atoms with van der Waals surface area (Å²) in [6.07, 6.45) is 1.40. The zero-order valence-corrected chi connectivity index (χ0v) is 8.48. The predicted octanol–water partition coefficient (Wildman–Crippen LogP) is 0.505. The summed E-state index contributed by atoms with van der Waals surface area (Å²) in [5.41, 5.74) is -0.280. The number of hydrogen-bond acceptors (Lipinski definition) is 4. The minimum Gasteiger partial charge on any atom is -0.364 e. The van der Waals surface area contributed by atoms with Crippen molar-refractivity contribution in [3.05, 3.63) is 18.0 Å². The van der Waals surface area contributed by atoms with Gasteiger partial charge in [-0.1, -0.05) is 5.16 Å². The number of nitrogens with one attached hydrogen (secondary N) is 1. The molecule has 1 aromatic heterocycles. The van der Waals surface area contributed by atoms with Gasteiger partial charge in [-0.3, -0.25) is 9.69 Å². The highest BCUT2D eigenvalue weighted by Crippen LogP contribution is 2.18. The molecular formula is C9H11N3O3. The molecule has 6 heteroatoms. The molecule has 15 heavy (non-hydrogen) atoms. The molecule has 1 N–H and O–H groups in total. The number of carbonyl (C=O) groups excluding carboxylic acids is 2. The van der Waals surface area contributed by atoms with Crippen LogP contribution in [0.5, 0.6) is 0 Å². The standard InChI is InChI=1S/C9H11N3O3/c1-9(2)7(13)12(8(14)10-9)5-6-3-4-15-11-6/h3-4H,5H2,1-2H3,(H,10,14). The Balaban J connectivity index is 2.17. The van der Waals surface area contributed by atoms with Crippen LogP contribution in [0.2, 0.25) is 0 Å². The van der Waals surface area contributed by atoms with Crippen molar-refractivity contribution in [3.8, 4) is 0 Å². The van der Waals surface area contributed by atoms with Gasteiger partial charge in [-0.25, -0.2) is 4.79 Å². The fourth-order valence-electron chi connectivity index (χ4n) is 1.44. The third kappa shape index (κ3) is 1.58. The van der Waals surface area contributed by atoms with E-state index in [2.05, 4.69) is 15.0 Å². The maximum Gasteiger partial charge on any atom is 0.325 e. The number of imide groups is 1. The zero-order valence-electron chi connectivity index (χ0n) is 8.48. The molecule has 0 saturated carbocycles. The molecule has 2 rings (SSSR count). The summed E-state index contributed by atoms with van der Waals surface area (Å²) >= 11 is 0. The maximum atomic E-state index is 11.7. The quantitative estimate of drug-likeness (QED) is 0.720. The average molecular weight is 209 g/mol. The summed E-state index contributed by atoms with van der Waals surface area (Å²) < 4.78 is 4.63. The summed E-state index contributed by atoms with van der Waals surface area (Å²) in [5, 5.41) is 6.23. The summed E-state index contributed by atoms with van der Waals surface area (Å²) in [7, 11) is 0. The van der Waals surface area contributed by atoms with Crippen LogP contribution < -0.4 is 5.32 Å². The Labute approximate surface area is 86.2 Å². The summed E-state index contributed by atoms with van der Waals surface area (Å²) in [4.78, 5) is 24.3. The molecule has 3 amide bonds. The number of amides is 3. The number of urea groups is 1. The van der Waals surface area contributed by atoms with Gasteiger partial charge < -0.3 is 9.84 Å². The van der Waals surface area contributed by atoms with E-state index in [9.17, 15) is 9.59 Å². The Morgan fingerprint density at radius 2 is 2.27 bits per heavy atom. The van der Waals surface area contributed by atoms with Crippen molar-refractivity contribution < 1.29 is 14.1 Å². The Morgan fingerprint density at radius 3 is 2.73 bits per heavy atom. The van der Waals surface area contributed by atoms with Gasteiger partial charge in [0, 0.05) is 6.07 Å². The van der Waals surface area contributed by atoms with Crippen LogP contribution in [-0.2, 0) is 11.3 Å². The van der Waals surface area contributed by atoms with Crippen molar-refractivity contribution in [1.29, 1.82) is 0 Å². The van der Waals surface area contributed by atoms with Crippen LogP contribution in [0.25, 0.3) is 0 Å². The molecule has 0 atom stereocenters. The average Bonchev–Trinajstić information content (AvgIpc) is 2.69. The predicted molar refractivity (Wildman–Crippen MR) is 49.7 cm³/mol. The van der Waals surface area contributed by atoms with Crippen LogP contribution in [-0.4, -0.2) is 27.5 Å². The highest BCUT2D eigenvalue weighted by molar-refractivity contribution is 6.06. The highest BCUT2D eigenvalue weighted by atomic mass is 16.5. The normalized spacial score (nSPS) is 19.5. The van der Waals surface area contributed by atoms with Gasteiger partial charge in [-0.15, -0.1) is 0 Å². The first-order valence-corrected chi connectivity index (χ1v) is 4.54. The Morgan fingerprint density at radius 1 is 1.53 bits per heavy atom.